The largest absolute Gasteiger partial charge is 0.495 e. The normalized spacial score (nSPS) is 21.4. The Hall–Kier alpha value is -0.540. The van der Waals surface area contributed by atoms with Crippen LogP contribution in [0.1, 0.15) is 19.8 Å². The first-order chi connectivity index (χ1) is 5.79. The lowest BCUT2D eigenvalue weighted by atomic mass is 10.1. The summed E-state index contributed by atoms with van der Waals surface area (Å²) in [6.45, 7) is 2.67. The molecule has 0 fully saturated rings. The van der Waals surface area contributed by atoms with Gasteiger partial charge < -0.3 is 14.6 Å². The first-order valence-corrected chi connectivity index (χ1v) is 4.33. The van der Waals surface area contributed by atoms with Crippen LogP contribution in [0.3, 0.4) is 0 Å². The molecule has 1 aliphatic rings. The van der Waals surface area contributed by atoms with Gasteiger partial charge in [0.1, 0.15) is 11.9 Å². The molecule has 12 heavy (non-hydrogen) atoms. The van der Waals surface area contributed by atoms with E-state index in [0.29, 0.717) is 12.4 Å². The van der Waals surface area contributed by atoms with Crippen LogP contribution in [-0.2, 0) is 9.47 Å². The highest BCUT2D eigenvalue weighted by molar-refractivity contribution is 5.06. The Balaban J connectivity index is 2.49. The van der Waals surface area contributed by atoms with E-state index in [1.807, 2.05) is 13.0 Å². The third kappa shape index (κ3) is 1.99. The number of aliphatic hydroxyl groups excluding tert-OH is 1. The summed E-state index contributed by atoms with van der Waals surface area (Å²) in [5, 5.41) is 9.69. The lowest BCUT2D eigenvalue weighted by molar-refractivity contribution is -0.0193. The van der Waals surface area contributed by atoms with E-state index < -0.39 is 6.10 Å². The average molecular weight is 172 g/mol. The van der Waals surface area contributed by atoms with Crippen LogP contribution in [0.25, 0.3) is 0 Å². The maximum Gasteiger partial charge on any atom is 0.137 e. The van der Waals surface area contributed by atoms with Crippen molar-refractivity contribution in [3.8, 4) is 0 Å². The third-order valence-corrected chi connectivity index (χ3v) is 2.08. The van der Waals surface area contributed by atoms with Crippen molar-refractivity contribution in [2.75, 3.05) is 13.7 Å². The van der Waals surface area contributed by atoms with Crippen molar-refractivity contribution in [1.82, 2.24) is 0 Å². The highest BCUT2D eigenvalue weighted by Gasteiger charge is 2.23. The topological polar surface area (TPSA) is 38.7 Å². The fourth-order valence-corrected chi connectivity index (χ4v) is 1.35. The van der Waals surface area contributed by atoms with Crippen molar-refractivity contribution in [2.24, 2.45) is 0 Å². The van der Waals surface area contributed by atoms with Gasteiger partial charge in [0.25, 0.3) is 0 Å². The monoisotopic (exact) mass is 172 g/mol. The summed E-state index contributed by atoms with van der Waals surface area (Å²) >= 11 is 0. The van der Waals surface area contributed by atoms with Crippen molar-refractivity contribution in [3.05, 3.63) is 11.8 Å². The Morgan fingerprint density at radius 2 is 2.50 bits per heavy atom. The summed E-state index contributed by atoms with van der Waals surface area (Å²) in [5.41, 5.74) is 0. The molecule has 0 amide bonds. The Morgan fingerprint density at radius 1 is 1.75 bits per heavy atom. The van der Waals surface area contributed by atoms with Crippen LogP contribution in [0, 0.1) is 0 Å². The highest BCUT2D eigenvalue weighted by Crippen LogP contribution is 2.18. The minimum absolute atomic E-state index is 0.144. The predicted octanol–water partition coefficient (Wildman–Crippen LogP) is 1.08. The summed E-state index contributed by atoms with van der Waals surface area (Å²) < 4.78 is 10.3. The van der Waals surface area contributed by atoms with Crippen molar-refractivity contribution < 1.29 is 14.6 Å². The van der Waals surface area contributed by atoms with Crippen molar-refractivity contribution in [2.45, 2.75) is 32.0 Å². The van der Waals surface area contributed by atoms with E-state index in [1.165, 1.54) is 0 Å². The van der Waals surface area contributed by atoms with Gasteiger partial charge >= 0.3 is 0 Å². The molecule has 1 aliphatic heterocycles. The molecule has 70 valence electrons. The van der Waals surface area contributed by atoms with Gasteiger partial charge in [0.05, 0.1) is 12.7 Å². The first-order valence-electron chi connectivity index (χ1n) is 4.33. The number of methoxy groups -OCH3 is 1. The number of rotatable bonds is 4. The summed E-state index contributed by atoms with van der Waals surface area (Å²) in [6, 6.07) is 0. The molecule has 0 aromatic carbocycles. The molecule has 0 aliphatic carbocycles. The van der Waals surface area contributed by atoms with E-state index in [0.717, 1.165) is 12.8 Å². The molecule has 3 nitrogen and oxygen atoms in total. The van der Waals surface area contributed by atoms with Crippen LogP contribution in [0.15, 0.2) is 11.8 Å². The Kier molecular flexibility index (Phi) is 3.56. The van der Waals surface area contributed by atoms with Crippen molar-refractivity contribution >= 4 is 0 Å². The molecule has 3 heteroatoms. The van der Waals surface area contributed by atoms with E-state index >= 15 is 0 Å². The minimum Gasteiger partial charge on any atom is -0.495 e. The van der Waals surface area contributed by atoms with Crippen LogP contribution < -0.4 is 0 Å². The van der Waals surface area contributed by atoms with E-state index in [9.17, 15) is 5.11 Å². The molecule has 1 N–H and O–H groups in total. The van der Waals surface area contributed by atoms with E-state index in [-0.39, 0.29) is 6.10 Å². The average Bonchev–Trinajstić information content (AvgIpc) is 2.58. The summed E-state index contributed by atoms with van der Waals surface area (Å²) in [7, 11) is 1.60. The zero-order valence-electron chi connectivity index (χ0n) is 7.62. The predicted molar refractivity (Wildman–Crippen MR) is 45.7 cm³/mol. The van der Waals surface area contributed by atoms with Crippen LogP contribution in [0.5, 0.6) is 0 Å². The Morgan fingerprint density at radius 3 is 2.92 bits per heavy atom. The molecule has 0 saturated carbocycles. The molecule has 0 aromatic heterocycles. The van der Waals surface area contributed by atoms with Gasteiger partial charge in [0.15, 0.2) is 0 Å². The number of hydrogen-bond donors (Lipinski definition) is 1. The molecular weight excluding hydrogens is 156 g/mol. The van der Waals surface area contributed by atoms with Crippen LogP contribution in [-0.4, -0.2) is 31.0 Å². The second-order valence-corrected chi connectivity index (χ2v) is 2.87. The lowest BCUT2D eigenvalue weighted by Crippen LogP contribution is -2.29. The van der Waals surface area contributed by atoms with Gasteiger partial charge in [0.2, 0.25) is 0 Å². The smallest absolute Gasteiger partial charge is 0.137 e. The van der Waals surface area contributed by atoms with Crippen molar-refractivity contribution in [3.63, 3.8) is 0 Å². The van der Waals surface area contributed by atoms with E-state index in [1.54, 1.807) is 7.11 Å². The summed E-state index contributed by atoms with van der Waals surface area (Å²) in [6.07, 6.45) is 2.87. The molecule has 2 atom stereocenters. The Labute approximate surface area is 73.0 Å². The number of hydrogen-bond acceptors (Lipinski definition) is 3. The SMILES string of the molecule is CCC(OC)C(O)C1=CCCO1. The molecule has 1 rings (SSSR count). The fraction of sp³-hybridized carbons (Fsp3) is 0.778. The maximum absolute atomic E-state index is 9.69. The Bertz CT molecular complexity index is 161. The number of ether oxygens (including phenoxy) is 2. The molecule has 1 heterocycles. The quantitative estimate of drug-likeness (QED) is 0.689. The van der Waals surface area contributed by atoms with Crippen molar-refractivity contribution in [1.29, 1.82) is 0 Å². The summed E-state index contributed by atoms with van der Waals surface area (Å²) in [4.78, 5) is 0. The molecular formula is C9H16O3. The standard InChI is InChI=1S/C9H16O3/c1-3-7(11-2)9(10)8-5-4-6-12-8/h5,7,9-10H,3-4,6H2,1-2H3. The zero-order chi connectivity index (χ0) is 8.97. The second-order valence-electron chi connectivity index (χ2n) is 2.87. The maximum atomic E-state index is 9.69. The molecule has 0 saturated heterocycles. The number of aliphatic hydroxyl groups is 1. The minimum atomic E-state index is -0.595. The third-order valence-electron chi connectivity index (χ3n) is 2.08. The van der Waals surface area contributed by atoms with Gasteiger partial charge in [-0.15, -0.1) is 0 Å². The van der Waals surface area contributed by atoms with Gasteiger partial charge in [0, 0.05) is 13.5 Å². The lowest BCUT2D eigenvalue weighted by Gasteiger charge is -2.20. The first kappa shape index (κ1) is 9.55. The second kappa shape index (κ2) is 4.48. The molecule has 0 bridgehead atoms. The van der Waals surface area contributed by atoms with Gasteiger partial charge in [-0.1, -0.05) is 6.92 Å². The zero-order valence-corrected chi connectivity index (χ0v) is 7.62. The van der Waals surface area contributed by atoms with E-state index in [4.69, 9.17) is 9.47 Å². The van der Waals surface area contributed by atoms with Crippen LogP contribution in [0.2, 0.25) is 0 Å². The molecule has 0 radical (unpaired) electrons. The summed E-state index contributed by atoms with van der Waals surface area (Å²) in [5.74, 6) is 0.670. The molecule has 0 aromatic rings. The van der Waals surface area contributed by atoms with Gasteiger partial charge in [-0.2, -0.15) is 0 Å². The van der Waals surface area contributed by atoms with E-state index in [2.05, 4.69) is 0 Å². The van der Waals surface area contributed by atoms with Gasteiger partial charge in [-0.25, -0.2) is 0 Å². The van der Waals surface area contributed by atoms with Gasteiger partial charge in [-0.3, -0.25) is 0 Å². The van der Waals surface area contributed by atoms with Crippen LogP contribution in [0.4, 0.5) is 0 Å². The van der Waals surface area contributed by atoms with Crippen LogP contribution >= 0.6 is 0 Å². The highest BCUT2D eigenvalue weighted by atomic mass is 16.5. The molecule has 0 spiro atoms. The van der Waals surface area contributed by atoms with Gasteiger partial charge in [-0.05, 0) is 12.5 Å². The fourth-order valence-electron chi connectivity index (χ4n) is 1.35. The molecule has 2 unspecified atom stereocenters.